The van der Waals surface area contributed by atoms with Crippen molar-refractivity contribution in [3.8, 4) is 12.3 Å². The molecule has 0 saturated heterocycles. The average molecular weight is 208 g/mol. The van der Waals surface area contributed by atoms with Crippen LogP contribution in [0.25, 0.3) is 0 Å². The molecule has 15 heavy (non-hydrogen) atoms. The first-order valence-corrected chi connectivity index (χ1v) is 4.66. The SMILES string of the molecule is C#CCOC(=O)OC1=C(C)C(=O)CCC1. The van der Waals surface area contributed by atoms with Gasteiger partial charge in [0, 0.05) is 18.4 Å². The van der Waals surface area contributed by atoms with Crippen LogP contribution in [-0.4, -0.2) is 18.5 Å². The maximum Gasteiger partial charge on any atom is 0.514 e. The van der Waals surface area contributed by atoms with Gasteiger partial charge in [-0.25, -0.2) is 4.79 Å². The van der Waals surface area contributed by atoms with Gasteiger partial charge in [0.2, 0.25) is 0 Å². The third-order valence-corrected chi connectivity index (χ3v) is 2.12. The molecule has 0 atom stereocenters. The number of allylic oxidation sites excluding steroid dienone is 2. The number of carbonyl (C=O) groups is 2. The summed E-state index contributed by atoms with van der Waals surface area (Å²) in [6.07, 6.45) is 5.86. The van der Waals surface area contributed by atoms with Crippen LogP contribution in [0.1, 0.15) is 26.2 Å². The molecule has 0 heterocycles. The van der Waals surface area contributed by atoms with Gasteiger partial charge in [-0.3, -0.25) is 4.79 Å². The summed E-state index contributed by atoms with van der Waals surface area (Å²) >= 11 is 0. The first-order valence-electron chi connectivity index (χ1n) is 4.66. The quantitative estimate of drug-likeness (QED) is 0.513. The van der Waals surface area contributed by atoms with Crippen LogP contribution in [0.3, 0.4) is 0 Å². The Morgan fingerprint density at radius 3 is 2.93 bits per heavy atom. The van der Waals surface area contributed by atoms with Crippen LogP contribution >= 0.6 is 0 Å². The van der Waals surface area contributed by atoms with Crippen molar-refractivity contribution in [1.82, 2.24) is 0 Å². The molecule has 0 aromatic carbocycles. The second-order valence-electron chi connectivity index (χ2n) is 3.17. The highest BCUT2D eigenvalue weighted by atomic mass is 16.7. The van der Waals surface area contributed by atoms with E-state index in [-0.39, 0.29) is 12.4 Å². The molecule has 1 aliphatic carbocycles. The largest absolute Gasteiger partial charge is 0.514 e. The molecule has 1 rings (SSSR count). The number of ketones is 1. The highest BCUT2D eigenvalue weighted by molar-refractivity contribution is 5.96. The summed E-state index contributed by atoms with van der Waals surface area (Å²) in [6, 6.07) is 0. The summed E-state index contributed by atoms with van der Waals surface area (Å²) in [5, 5.41) is 0. The van der Waals surface area contributed by atoms with Crippen molar-refractivity contribution in [1.29, 1.82) is 0 Å². The monoisotopic (exact) mass is 208 g/mol. The Kier molecular flexibility index (Phi) is 3.92. The molecule has 1 aliphatic rings. The Bertz CT molecular complexity index is 346. The standard InChI is InChI=1S/C11H12O4/c1-3-7-14-11(13)15-10-6-4-5-9(12)8(10)2/h1H,4-7H2,2H3. The van der Waals surface area contributed by atoms with E-state index in [4.69, 9.17) is 11.2 Å². The molecule has 4 heteroatoms. The molecule has 0 radical (unpaired) electrons. The highest BCUT2D eigenvalue weighted by Gasteiger charge is 2.20. The molecule has 0 bridgehead atoms. The zero-order chi connectivity index (χ0) is 11.3. The van der Waals surface area contributed by atoms with E-state index in [1.807, 2.05) is 0 Å². The molecule has 0 aliphatic heterocycles. The Morgan fingerprint density at radius 2 is 2.27 bits per heavy atom. The molecule has 0 aromatic heterocycles. The van der Waals surface area contributed by atoms with Gasteiger partial charge in [0.15, 0.2) is 12.4 Å². The topological polar surface area (TPSA) is 52.6 Å². The molecule has 0 unspecified atom stereocenters. The summed E-state index contributed by atoms with van der Waals surface area (Å²) in [4.78, 5) is 22.3. The second-order valence-corrected chi connectivity index (χ2v) is 3.17. The van der Waals surface area contributed by atoms with E-state index >= 15 is 0 Å². The Labute approximate surface area is 88.2 Å². The zero-order valence-corrected chi connectivity index (χ0v) is 8.54. The van der Waals surface area contributed by atoms with E-state index in [9.17, 15) is 9.59 Å². The van der Waals surface area contributed by atoms with Crippen LogP contribution in [0.15, 0.2) is 11.3 Å². The van der Waals surface area contributed by atoms with E-state index in [0.29, 0.717) is 30.6 Å². The number of rotatable bonds is 2. The van der Waals surface area contributed by atoms with Crippen molar-refractivity contribution in [2.24, 2.45) is 0 Å². The number of hydrogen-bond acceptors (Lipinski definition) is 4. The van der Waals surface area contributed by atoms with Crippen LogP contribution < -0.4 is 0 Å². The average Bonchev–Trinajstić information content (AvgIpc) is 2.22. The number of terminal acetylenes is 1. The lowest BCUT2D eigenvalue weighted by Gasteiger charge is -2.15. The van der Waals surface area contributed by atoms with Crippen LogP contribution in [0, 0.1) is 12.3 Å². The van der Waals surface area contributed by atoms with E-state index in [1.165, 1.54) is 0 Å². The summed E-state index contributed by atoms with van der Waals surface area (Å²) in [5.41, 5.74) is 0.499. The minimum absolute atomic E-state index is 0.0148. The minimum Gasteiger partial charge on any atom is -0.421 e. The van der Waals surface area contributed by atoms with Gasteiger partial charge in [-0.1, -0.05) is 5.92 Å². The second kappa shape index (κ2) is 5.20. The molecule has 0 amide bonds. The molecule has 4 nitrogen and oxygen atoms in total. The van der Waals surface area contributed by atoms with Crippen molar-refractivity contribution in [2.45, 2.75) is 26.2 Å². The fraction of sp³-hybridized carbons (Fsp3) is 0.455. The lowest BCUT2D eigenvalue weighted by molar-refractivity contribution is -0.116. The highest BCUT2D eigenvalue weighted by Crippen LogP contribution is 2.22. The zero-order valence-electron chi connectivity index (χ0n) is 8.54. The van der Waals surface area contributed by atoms with Gasteiger partial charge >= 0.3 is 6.16 Å². The fourth-order valence-electron chi connectivity index (χ4n) is 1.30. The lowest BCUT2D eigenvalue weighted by atomic mass is 9.98. The van der Waals surface area contributed by atoms with Crippen LogP contribution in [0.4, 0.5) is 4.79 Å². The predicted molar refractivity (Wildman–Crippen MR) is 52.8 cm³/mol. The van der Waals surface area contributed by atoms with Crippen LogP contribution in [0.2, 0.25) is 0 Å². The molecule has 0 aromatic rings. The minimum atomic E-state index is -0.850. The molecule has 80 valence electrons. The van der Waals surface area contributed by atoms with E-state index in [2.05, 4.69) is 10.7 Å². The van der Waals surface area contributed by atoms with Gasteiger partial charge < -0.3 is 9.47 Å². The number of carbonyl (C=O) groups excluding carboxylic acids is 2. The maximum atomic E-state index is 11.3. The van der Waals surface area contributed by atoms with E-state index in [1.54, 1.807) is 6.92 Å². The van der Waals surface area contributed by atoms with E-state index < -0.39 is 6.16 Å². The first kappa shape index (κ1) is 11.3. The molecule has 0 spiro atoms. The molecule has 0 fully saturated rings. The lowest BCUT2D eigenvalue weighted by Crippen LogP contribution is -2.15. The molecule has 0 N–H and O–H groups in total. The normalized spacial score (nSPS) is 15.9. The van der Waals surface area contributed by atoms with Gasteiger partial charge in [-0.15, -0.1) is 6.42 Å². The fourth-order valence-corrected chi connectivity index (χ4v) is 1.30. The van der Waals surface area contributed by atoms with Crippen molar-refractivity contribution < 1.29 is 19.1 Å². The summed E-state index contributed by atoms with van der Waals surface area (Å²) < 4.78 is 9.41. The van der Waals surface area contributed by atoms with Gasteiger partial charge in [-0.05, 0) is 13.3 Å². The van der Waals surface area contributed by atoms with Gasteiger partial charge in [-0.2, -0.15) is 0 Å². The predicted octanol–water partition coefficient (Wildman–Crippen LogP) is 1.80. The summed E-state index contributed by atoms with van der Waals surface area (Å²) in [6.45, 7) is 1.52. The van der Waals surface area contributed by atoms with Crippen LogP contribution in [-0.2, 0) is 14.3 Å². The number of ether oxygens (including phenoxy) is 2. The number of Topliss-reactive ketones (excluding diaryl/α,β-unsaturated/α-hetero) is 1. The summed E-state index contributed by atoms with van der Waals surface area (Å²) in [7, 11) is 0. The third kappa shape index (κ3) is 3.13. The Morgan fingerprint density at radius 1 is 1.53 bits per heavy atom. The van der Waals surface area contributed by atoms with Crippen molar-refractivity contribution in [3.05, 3.63) is 11.3 Å². The Balaban J connectivity index is 2.57. The Hall–Kier alpha value is -1.76. The third-order valence-electron chi connectivity index (χ3n) is 2.12. The molecular formula is C11H12O4. The first-order chi connectivity index (χ1) is 7.15. The van der Waals surface area contributed by atoms with Gasteiger partial charge in [0.05, 0.1) is 0 Å². The number of hydrogen-bond donors (Lipinski definition) is 0. The summed E-state index contributed by atoms with van der Waals surface area (Å²) in [5.74, 6) is 2.56. The van der Waals surface area contributed by atoms with Gasteiger partial charge in [0.1, 0.15) is 5.76 Å². The molecule has 0 saturated carbocycles. The van der Waals surface area contributed by atoms with Crippen molar-refractivity contribution in [2.75, 3.05) is 6.61 Å². The smallest absolute Gasteiger partial charge is 0.421 e. The van der Waals surface area contributed by atoms with Crippen molar-refractivity contribution in [3.63, 3.8) is 0 Å². The maximum absolute atomic E-state index is 11.3. The molecular weight excluding hydrogens is 196 g/mol. The van der Waals surface area contributed by atoms with Crippen molar-refractivity contribution >= 4 is 11.9 Å². The van der Waals surface area contributed by atoms with Crippen LogP contribution in [0.5, 0.6) is 0 Å². The van der Waals surface area contributed by atoms with Gasteiger partial charge in [0.25, 0.3) is 0 Å². The van der Waals surface area contributed by atoms with E-state index in [0.717, 1.165) is 0 Å².